The SMILES string of the molecule is Cc1noc(CSc2ccccc2C(=O)N2CCCc3c(F)cc(F)cc32)n1. The van der Waals surface area contributed by atoms with Crippen molar-refractivity contribution >= 4 is 23.4 Å². The zero-order valence-corrected chi connectivity index (χ0v) is 15.9. The monoisotopic (exact) mass is 401 g/mol. The molecule has 0 aliphatic carbocycles. The van der Waals surface area contributed by atoms with Crippen molar-refractivity contribution in [3.05, 3.63) is 70.9 Å². The Kier molecular flexibility index (Phi) is 5.13. The summed E-state index contributed by atoms with van der Waals surface area (Å²) in [7, 11) is 0. The van der Waals surface area contributed by atoms with Gasteiger partial charge in [0.05, 0.1) is 17.0 Å². The van der Waals surface area contributed by atoms with E-state index in [1.165, 1.54) is 22.7 Å². The number of hydrogen-bond donors (Lipinski definition) is 0. The summed E-state index contributed by atoms with van der Waals surface area (Å²) in [5.41, 5.74) is 1.16. The Morgan fingerprint density at radius 2 is 2.11 bits per heavy atom. The minimum Gasteiger partial charge on any atom is -0.338 e. The molecule has 28 heavy (non-hydrogen) atoms. The lowest BCUT2D eigenvalue weighted by Gasteiger charge is -2.30. The minimum absolute atomic E-state index is 0.282. The van der Waals surface area contributed by atoms with Crippen molar-refractivity contribution in [3.8, 4) is 0 Å². The molecule has 1 aromatic heterocycles. The van der Waals surface area contributed by atoms with Crippen LogP contribution in [0.2, 0.25) is 0 Å². The molecule has 0 N–H and O–H groups in total. The molecule has 5 nitrogen and oxygen atoms in total. The van der Waals surface area contributed by atoms with Crippen molar-refractivity contribution in [2.24, 2.45) is 0 Å². The topological polar surface area (TPSA) is 59.2 Å². The summed E-state index contributed by atoms with van der Waals surface area (Å²) in [6, 6.07) is 9.24. The van der Waals surface area contributed by atoms with Crippen LogP contribution in [0.15, 0.2) is 45.8 Å². The summed E-state index contributed by atoms with van der Waals surface area (Å²) in [4.78, 5) is 19.6. The maximum absolute atomic E-state index is 14.2. The number of rotatable bonds is 4. The van der Waals surface area contributed by atoms with E-state index in [-0.39, 0.29) is 5.91 Å². The number of carbonyl (C=O) groups excluding carboxylic acids is 1. The number of anilines is 1. The summed E-state index contributed by atoms with van der Waals surface area (Å²) >= 11 is 1.40. The molecule has 2 aromatic carbocycles. The van der Waals surface area contributed by atoms with Crippen LogP contribution in [0.1, 0.15) is 34.1 Å². The van der Waals surface area contributed by atoms with E-state index in [1.807, 2.05) is 12.1 Å². The van der Waals surface area contributed by atoms with Gasteiger partial charge in [-0.05, 0) is 38.0 Å². The van der Waals surface area contributed by atoms with Crippen LogP contribution in [0.5, 0.6) is 0 Å². The highest BCUT2D eigenvalue weighted by Gasteiger charge is 2.27. The first-order valence-corrected chi connectivity index (χ1v) is 9.82. The number of aryl methyl sites for hydroxylation is 1. The van der Waals surface area contributed by atoms with Gasteiger partial charge in [-0.25, -0.2) is 8.78 Å². The highest BCUT2D eigenvalue weighted by atomic mass is 32.2. The van der Waals surface area contributed by atoms with Gasteiger partial charge in [0.15, 0.2) is 5.82 Å². The summed E-state index contributed by atoms with van der Waals surface area (Å²) in [6.07, 6.45) is 1.11. The van der Waals surface area contributed by atoms with Gasteiger partial charge >= 0.3 is 0 Å². The van der Waals surface area contributed by atoms with Crippen LogP contribution in [0.25, 0.3) is 0 Å². The fourth-order valence-corrected chi connectivity index (χ4v) is 4.16. The van der Waals surface area contributed by atoms with Gasteiger partial charge in [0.2, 0.25) is 5.89 Å². The highest BCUT2D eigenvalue weighted by Crippen LogP contribution is 2.33. The third-order valence-electron chi connectivity index (χ3n) is 4.52. The second kappa shape index (κ2) is 7.71. The van der Waals surface area contributed by atoms with Gasteiger partial charge in [-0.2, -0.15) is 4.98 Å². The molecule has 1 aliphatic rings. The molecule has 8 heteroatoms. The predicted molar refractivity (Wildman–Crippen MR) is 101 cm³/mol. The van der Waals surface area contributed by atoms with Crippen LogP contribution in [0.4, 0.5) is 14.5 Å². The molecule has 0 saturated heterocycles. The second-order valence-electron chi connectivity index (χ2n) is 6.47. The van der Waals surface area contributed by atoms with Crippen LogP contribution < -0.4 is 4.90 Å². The summed E-state index contributed by atoms with van der Waals surface area (Å²) in [6.45, 7) is 2.15. The van der Waals surface area contributed by atoms with Gasteiger partial charge in [-0.3, -0.25) is 4.79 Å². The maximum atomic E-state index is 14.2. The zero-order chi connectivity index (χ0) is 19.7. The average molecular weight is 401 g/mol. The summed E-state index contributed by atoms with van der Waals surface area (Å²) < 4.78 is 33.0. The van der Waals surface area contributed by atoms with Crippen molar-refractivity contribution in [1.29, 1.82) is 0 Å². The maximum Gasteiger partial charge on any atom is 0.259 e. The molecule has 144 valence electrons. The van der Waals surface area contributed by atoms with Gasteiger partial charge in [0.25, 0.3) is 5.91 Å². The van der Waals surface area contributed by atoms with Crippen molar-refractivity contribution < 1.29 is 18.1 Å². The van der Waals surface area contributed by atoms with Crippen molar-refractivity contribution in [2.45, 2.75) is 30.4 Å². The van der Waals surface area contributed by atoms with Crippen molar-refractivity contribution in [1.82, 2.24) is 10.1 Å². The van der Waals surface area contributed by atoms with Gasteiger partial charge in [0.1, 0.15) is 11.6 Å². The van der Waals surface area contributed by atoms with E-state index >= 15 is 0 Å². The lowest BCUT2D eigenvalue weighted by atomic mass is 10.00. The average Bonchev–Trinajstić information content (AvgIpc) is 3.11. The molecular formula is C20H17F2N3O2S. The molecule has 1 amide bonds. The Morgan fingerprint density at radius 1 is 1.29 bits per heavy atom. The molecule has 0 spiro atoms. The normalized spacial score (nSPS) is 13.5. The molecule has 0 atom stereocenters. The van der Waals surface area contributed by atoms with E-state index in [0.29, 0.717) is 53.7 Å². The number of nitrogens with zero attached hydrogens (tertiary/aromatic N) is 3. The smallest absolute Gasteiger partial charge is 0.259 e. The molecule has 4 rings (SSSR count). The number of amides is 1. The molecule has 1 aliphatic heterocycles. The van der Waals surface area contributed by atoms with Crippen LogP contribution in [-0.4, -0.2) is 22.6 Å². The number of fused-ring (bicyclic) bond motifs is 1. The Labute approximate surface area is 164 Å². The number of halogens is 2. The molecule has 2 heterocycles. The summed E-state index contributed by atoms with van der Waals surface area (Å²) in [5, 5.41) is 3.76. The van der Waals surface area contributed by atoms with E-state index in [4.69, 9.17) is 4.52 Å². The fraction of sp³-hybridized carbons (Fsp3) is 0.250. The molecule has 0 bridgehead atoms. The number of benzene rings is 2. The lowest BCUT2D eigenvalue weighted by Crippen LogP contribution is -2.36. The van der Waals surface area contributed by atoms with Gasteiger partial charge < -0.3 is 9.42 Å². The molecule has 0 saturated carbocycles. The number of aromatic nitrogens is 2. The first-order valence-electron chi connectivity index (χ1n) is 8.84. The van der Waals surface area contributed by atoms with Crippen LogP contribution >= 0.6 is 11.8 Å². The van der Waals surface area contributed by atoms with Gasteiger partial charge in [-0.1, -0.05) is 17.3 Å². The van der Waals surface area contributed by atoms with E-state index in [2.05, 4.69) is 10.1 Å². The second-order valence-corrected chi connectivity index (χ2v) is 7.48. The highest BCUT2D eigenvalue weighted by molar-refractivity contribution is 7.98. The Hall–Kier alpha value is -2.74. The molecule has 0 unspecified atom stereocenters. The van der Waals surface area contributed by atoms with Crippen LogP contribution in [0, 0.1) is 18.6 Å². The first-order chi connectivity index (χ1) is 13.5. The van der Waals surface area contributed by atoms with Crippen molar-refractivity contribution in [3.63, 3.8) is 0 Å². The molecule has 3 aromatic rings. The van der Waals surface area contributed by atoms with E-state index in [0.717, 1.165) is 11.0 Å². The van der Waals surface area contributed by atoms with E-state index in [1.54, 1.807) is 19.1 Å². The number of hydrogen-bond acceptors (Lipinski definition) is 5. The third-order valence-corrected chi connectivity index (χ3v) is 5.58. The van der Waals surface area contributed by atoms with E-state index < -0.39 is 11.6 Å². The van der Waals surface area contributed by atoms with Gasteiger partial charge in [-0.15, -0.1) is 11.8 Å². The first kappa shape index (κ1) is 18.6. The van der Waals surface area contributed by atoms with Crippen LogP contribution in [0.3, 0.4) is 0 Å². The third kappa shape index (κ3) is 3.64. The Bertz CT molecular complexity index is 1040. The van der Waals surface area contributed by atoms with Crippen LogP contribution in [-0.2, 0) is 12.2 Å². The Morgan fingerprint density at radius 3 is 2.89 bits per heavy atom. The largest absolute Gasteiger partial charge is 0.338 e. The molecular weight excluding hydrogens is 384 g/mol. The number of carbonyl (C=O) groups is 1. The zero-order valence-electron chi connectivity index (χ0n) is 15.1. The molecule has 0 fully saturated rings. The van der Waals surface area contributed by atoms with Gasteiger partial charge in [0, 0.05) is 23.1 Å². The standard InChI is InChI=1S/C20H17F2N3O2S/c1-12-23-19(27-24-12)11-28-18-7-3-2-5-15(18)20(26)25-8-4-6-14-16(22)9-13(21)10-17(14)25/h2-3,5,7,9-10H,4,6,8,11H2,1H3. The quantitative estimate of drug-likeness (QED) is 0.601. The molecule has 0 radical (unpaired) electrons. The number of thioether (sulfide) groups is 1. The summed E-state index contributed by atoms with van der Waals surface area (Å²) in [5.74, 6) is -0.139. The lowest BCUT2D eigenvalue weighted by molar-refractivity contribution is 0.0982. The fourth-order valence-electron chi connectivity index (χ4n) is 3.28. The van der Waals surface area contributed by atoms with E-state index in [9.17, 15) is 13.6 Å². The minimum atomic E-state index is -0.689. The van der Waals surface area contributed by atoms with Crippen molar-refractivity contribution in [2.75, 3.05) is 11.4 Å². The predicted octanol–water partition coefficient (Wildman–Crippen LogP) is 4.54. The Balaban J connectivity index is 1.63.